The van der Waals surface area contributed by atoms with Gasteiger partial charge in [-0.1, -0.05) is 11.6 Å². The molecule has 1 rings (SSSR count). The maximum atomic E-state index is 12.7. The molecule has 0 amide bonds. The van der Waals surface area contributed by atoms with Crippen LogP contribution in [0, 0.1) is 5.82 Å². The van der Waals surface area contributed by atoms with Crippen molar-refractivity contribution in [3.05, 3.63) is 34.1 Å². The molecular weight excluding hydrogens is 199 g/mol. The van der Waals surface area contributed by atoms with Crippen LogP contribution >= 0.6 is 11.6 Å². The summed E-state index contributed by atoms with van der Waals surface area (Å²) in [7, 11) is 0. The van der Waals surface area contributed by atoms with Gasteiger partial charge in [-0.05, 0) is 12.1 Å². The lowest BCUT2D eigenvalue weighted by atomic mass is 10.1. The molecule has 0 saturated heterocycles. The number of carboxylic acids is 1. The molecule has 68 valence electrons. The van der Waals surface area contributed by atoms with Crippen LogP contribution < -0.4 is 0 Å². The summed E-state index contributed by atoms with van der Waals surface area (Å²) >= 11 is 5.50. The Morgan fingerprint density at radius 3 is 2.62 bits per heavy atom. The van der Waals surface area contributed by atoms with E-state index in [9.17, 15) is 14.0 Å². The van der Waals surface area contributed by atoms with E-state index in [1.54, 1.807) is 0 Å². The van der Waals surface area contributed by atoms with Crippen LogP contribution in [-0.2, 0) is 0 Å². The van der Waals surface area contributed by atoms with E-state index in [0.717, 1.165) is 12.1 Å². The third kappa shape index (κ3) is 1.84. The molecule has 0 fully saturated rings. The second kappa shape index (κ2) is 3.53. The number of hydrogen-bond donors (Lipinski definition) is 1. The molecule has 0 atom stereocenters. The number of benzene rings is 1. The highest BCUT2D eigenvalue weighted by atomic mass is 35.5. The fraction of sp³-hybridized carbons (Fsp3) is 0. The Morgan fingerprint density at radius 2 is 2.15 bits per heavy atom. The number of aldehydes is 1. The molecule has 0 bridgehead atoms. The predicted octanol–water partition coefficient (Wildman–Crippen LogP) is 1.99. The number of hydrogen-bond acceptors (Lipinski definition) is 2. The Bertz CT molecular complexity index is 376. The van der Waals surface area contributed by atoms with Gasteiger partial charge in [0.2, 0.25) is 0 Å². The van der Waals surface area contributed by atoms with Crippen LogP contribution in [0.5, 0.6) is 0 Å². The molecule has 0 saturated carbocycles. The summed E-state index contributed by atoms with van der Waals surface area (Å²) in [5.41, 5.74) is -0.581. The summed E-state index contributed by atoms with van der Waals surface area (Å²) in [6.45, 7) is 0. The van der Waals surface area contributed by atoms with Crippen molar-refractivity contribution >= 4 is 23.9 Å². The summed E-state index contributed by atoms with van der Waals surface area (Å²) in [4.78, 5) is 20.8. The first-order valence-corrected chi connectivity index (χ1v) is 3.61. The van der Waals surface area contributed by atoms with Crippen molar-refractivity contribution in [1.29, 1.82) is 0 Å². The summed E-state index contributed by atoms with van der Waals surface area (Å²) in [6, 6.07) is 1.64. The van der Waals surface area contributed by atoms with Crippen LogP contribution in [0.3, 0.4) is 0 Å². The molecular formula is C8H4ClFO3. The SMILES string of the molecule is O=Cc1cc(F)cc(C(=O)O)c1Cl. The van der Waals surface area contributed by atoms with Crippen molar-refractivity contribution in [3.63, 3.8) is 0 Å². The van der Waals surface area contributed by atoms with Gasteiger partial charge in [-0.15, -0.1) is 0 Å². The van der Waals surface area contributed by atoms with E-state index >= 15 is 0 Å². The quantitative estimate of drug-likeness (QED) is 0.747. The largest absolute Gasteiger partial charge is 0.478 e. The molecule has 1 aromatic rings. The normalized spacial score (nSPS) is 9.69. The van der Waals surface area contributed by atoms with Gasteiger partial charge in [-0.25, -0.2) is 9.18 Å². The van der Waals surface area contributed by atoms with Gasteiger partial charge in [-0.3, -0.25) is 4.79 Å². The van der Waals surface area contributed by atoms with Crippen molar-refractivity contribution in [2.45, 2.75) is 0 Å². The van der Waals surface area contributed by atoms with Gasteiger partial charge in [0.05, 0.1) is 10.6 Å². The maximum absolute atomic E-state index is 12.7. The molecule has 1 aromatic carbocycles. The molecule has 1 N–H and O–H groups in total. The second-order valence-electron chi connectivity index (χ2n) is 2.28. The molecule has 0 unspecified atom stereocenters. The lowest BCUT2D eigenvalue weighted by Crippen LogP contribution is -2.01. The number of carbonyl (C=O) groups is 2. The van der Waals surface area contributed by atoms with E-state index in [1.807, 2.05) is 0 Å². The number of halogens is 2. The summed E-state index contributed by atoms with van der Waals surface area (Å²) < 4.78 is 12.7. The molecule has 0 heterocycles. The van der Waals surface area contributed by atoms with Crippen LogP contribution in [0.2, 0.25) is 5.02 Å². The van der Waals surface area contributed by atoms with Gasteiger partial charge in [-0.2, -0.15) is 0 Å². The Morgan fingerprint density at radius 1 is 1.54 bits per heavy atom. The van der Waals surface area contributed by atoms with Gasteiger partial charge in [0.1, 0.15) is 5.82 Å². The fourth-order valence-electron chi connectivity index (χ4n) is 0.852. The molecule has 0 aromatic heterocycles. The monoisotopic (exact) mass is 202 g/mol. The van der Waals surface area contributed by atoms with Crippen LogP contribution in [-0.4, -0.2) is 17.4 Å². The van der Waals surface area contributed by atoms with Gasteiger partial charge in [0.15, 0.2) is 6.29 Å². The lowest BCUT2D eigenvalue weighted by molar-refractivity contribution is 0.0696. The first kappa shape index (κ1) is 9.67. The van der Waals surface area contributed by atoms with Crippen molar-refractivity contribution in [2.24, 2.45) is 0 Å². The minimum absolute atomic E-state index is 0.168. The van der Waals surface area contributed by atoms with E-state index in [1.165, 1.54) is 0 Å². The van der Waals surface area contributed by atoms with Gasteiger partial charge in [0.25, 0.3) is 0 Å². The second-order valence-corrected chi connectivity index (χ2v) is 2.66. The molecule has 5 heteroatoms. The molecule has 0 radical (unpaired) electrons. The highest BCUT2D eigenvalue weighted by Crippen LogP contribution is 2.21. The average molecular weight is 203 g/mol. The molecule has 13 heavy (non-hydrogen) atoms. The molecule has 3 nitrogen and oxygen atoms in total. The summed E-state index contributed by atoms with van der Waals surface area (Å²) in [5, 5.41) is 8.30. The molecule has 0 aliphatic carbocycles. The predicted molar refractivity (Wildman–Crippen MR) is 43.8 cm³/mol. The first-order valence-electron chi connectivity index (χ1n) is 3.23. The van der Waals surface area contributed by atoms with Crippen LogP contribution in [0.4, 0.5) is 4.39 Å². The van der Waals surface area contributed by atoms with Crippen molar-refractivity contribution in [1.82, 2.24) is 0 Å². The summed E-state index contributed by atoms with van der Waals surface area (Å²) in [5.74, 6) is -2.17. The van der Waals surface area contributed by atoms with E-state index in [2.05, 4.69) is 0 Å². The number of aromatic carboxylic acids is 1. The average Bonchev–Trinajstić information content (AvgIpc) is 2.08. The first-order chi connectivity index (χ1) is 6.06. The van der Waals surface area contributed by atoms with Crippen LogP contribution in [0.15, 0.2) is 12.1 Å². The topological polar surface area (TPSA) is 54.4 Å². The third-order valence-corrected chi connectivity index (χ3v) is 1.84. The van der Waals surface area contributed by atoms with E-state index in [-0.39, 0.29) is 10.6 Å². The minimum atomic E-state index is -1.37. The highest BCUT2D eigenvalue weighted by Gasteiger charge is 2.13. The van der Waals surface area contributed by atoms with E-state index < -0.39 is 17.3 Å². The zero-order valence-corrected chi connectivity index (χ0v) is 7.01. The van der Waals surface area contributed by atoms with Gasteiger partial charge < -0.3 is 5.11 Å². The van der Waals surface area contributed by atoms with Gasteiger partial charge >= 0.3 is 5.97 Å². The Balaban J connectivity index is 3.44. The Hall–Kier alpha value is -1.42. The highest BCUT2D eigenvalue weighted by molar-refractivity contribution is 6.35. The zero-order valence-electron chi connectivity index (χ0n) is 6.25. The Kier molecular flexibility index (Phi) is 2.63. The zero-order chi connectivity index (χ0) is 10.0. The number of rotatable bonds is 2. The minimum Gasteiger partial charge on any atom is -0.478 e. The molecule has 0 spiro atoms. The maximum Gasteiger partial charge on any atom is 0.337 e. The lowest BCUT2D eigenvalue weighted by Gasteiger charge is -2.01. The third-order valence-electron chi connectivity index (χ3n) is 1.42. The van der Waals surface area contributed by atoms with Gasteiger partial charge in [0, 0.05) is 5.56 Å². The molecule has 0 aliphatic heterocycles. The van der Waals surface area contributed by atoms with E-state index in [4.69, 9.17) is 16.7 Å². The standard InChI is InChI=1S/C8H4ClFO3/c9-7-4(3-11)1-5(10)2-6(7)8(12)13/h1-3H,(H,12,13). The molecule has 0 aliphatic rings. The van der Waals surface area contributed by atoms with Crippen LogP contribution in [0.1, 0.15) is 20.7 Å². The van der Waals surface area contributed by atoms with E-state index in [0.29, 0.717) is 6.29 Å². The van der Waals surface area contributed by atoms with Crippen molar-refractivity contribution in [3.8, 4) is 0 Å². The summed E-state index contributed by atoms with van der Waals surface area (Å²) in [6.07, 6.45) is 0.303. The number of carbonyl (C=O) groups excluding carboxylic acids is 1. The fourth-order valence-corrected chi connectivity index (χ4v) is 1.09. The Labute approximate surface area is 77.7 Å². The number of carboxylic acid groups (broad SMARTS) is 1. The van der Waals surface area contributed by atoms with Crippen molar-refractivity contribution < 1.29 is 19.1 Å². The smallest absolute Gasteiger partial charge is 0.337 e. The van der Waals surface area contributed by atoms with Crippen LogP contribution in [0.25, 0.3) is 0 Å². The van der Waals surface area contributed by atoms with Crippen molar-refractivity contribution in [2.75, 3.05) is 0 Å².